The monoisotopic (exact) mass is 505 g/mol. The summed E-state index contributed by atoms with van der Waals surface area (Å²) in [6.07, 6.45) is 9.65. The second kappa shape index (κ2) is 8.76. The van der Waals surface area contributed by atoms with E-state index in [-0.39, 0.29) is 11.8 Å². The molecule has 7 rings (SSSR count). The van der Waals surface area contributed by atoms with Gasteiger partial charge >= 0.3 is 0 Å². The first-order valence-corrected chi connectivity index (χ1v) is 13.0. The van der Waals surface area contributed by atoms with Crippen LogP contribution in [0, 0.1) is 6.92 Å². The Morgan fingerprint density at radius 2 is 1.82 bits per heavy atom. The van der Waals surface area contributed by atoms with Gasteiger partial charge in [0.2, 0.25) is 0 Å². The van der Waals surface area contributed by atoms with Crippen LogP contribution in [0.5, 0.6) is 0 Å². The summed E-state index contributed by atoms with van der Waals surface area (Å²) < 4.78 is 4.33. The van der Waals surface area contributed by atoms with Gasteiger partial charge in [0.05, 0.1) is 5.92 Å². The van der Waals surface area contributed by atoms with Crippen LogP contribution in [0.25, 0.3) is 16.8 Å². The lowest BCUT2D eigenvalue weighted by Gasteiger charge is -2.23. The summed E-state index contributed by atoms with van der Waals surface area (Å²) in [5.41, 5.74) is 10.3. The number of aryl methyl sites for hydroxylation is 1. The fourth-order valence-electron chi connectivity index (χ4n) is 5.39. The predicted octanol–water partition coefficient (Wildman–Crippen LogP) is 4.33. The summed E-state index contributed by atoms with van der Waals surface area (Å²) in [6, 6.07) is 11.1. The molecule has 1 aromatic carbocycles. The van der Waals surface area contributed by atoms with Gasteiger partial charge in [-0.1, -0.05) is 12.1 Å². The van der Waals surface area contributed by atoms with E-state index in [4.69, 9.17) is 10.7 Å². The van der Waals surface area contributed by atoms with Crippen LogP contribution < -0.4 is 11.1 Å². The lowest BCUT2D eigenvalue weighted by molar-refractivity contribution is 0.102. The lowest BCUT2D eigenvalue weighted by Crippen LogP contribution is -2.20. The zero-order chi connectivity index (χ0) is 25.8. The summed E-state index contributed by atoms with van der Waals surface area (Å²) >= 11 is 0. The Kier molecular flexibility index (Phi) is 5.20. The number of nitrogens with two attached hydrogens (primary N) is 1. The number of nitrogens with one attached hydrogen (secondary N) is 1. The number of nitrogen functional groups attached to an aromatic ring is 1. The highest BCUT2D eigenvalue weighted by Gasteiger charge is 2.36. The largest absolute Gasteiger partial charge is 0.382 e. The number of carbonyl (C=O) groups is 1. The van der Waals surface area contributed by atoms with Crippen LogP contribution in [0.15, 0.2) is 55.0 Å². The SMILES string of the molecule is Cc1ccnc(NC(=O)c2ccc(-c3nc([C@@H]4CCCn5c(C6CC6)nnc54)n4ccnc(N)c34)cc2)c1. The van der Waals surface area contributed by atoms with Crippen LogP contribution in [0.4, 0.5) is 11.6 Å². The Morgan fingerprint density at radius 1 is 1.00 bits per heavy atom. The maximum absolute atomic E-state index is 12.8. The number of benzene rings is 1. The van der Waals surface area contributed by atoms with Crippen molar-refractivity contribution in [2.45, 2.75) is 51.0 Å². The number of rotatable bonds is 5. The third-order valence-electron chi connectivity index (χ3n) is 7.44. The smallest absolute Gasteiger partial charge is 0.256 e. The number of aromatic nitrogens is 7. The zero-order valence-electron chi connectivity index (χ0n) is 21.0. The van der Waals surface area contributed by atoms with Crippen LogP contribution in [-0.2, 0) is 6.54 Å². The van der Waals surface area contributed by atoms with Gasteiger partial charge in [-0.3, -0.25) is 9.20 Å². The minimum Gasteiger partial charge on any atom is -0.382 e. The van der Waals surface area contributed by atoms with Gasteiger partial charge in [-0.05, 0) is 62.4 Å². The second-order valence-corrected chi connectivity index (χ2v) is 10.1. The van der Waals surface area contributed by atoms with Gasteiger partial charge in [-0.15, -0.1) is 10.2 Å². The first-order chi connectivity index (χ1) is 18.6. The molecule has 0 radical (unpaired) electrons. The Hall–Kier alpha value is -4.60. The highest BCUT2D eigenvalue weighted by atomic mass is 16.1. The van der Waals surface area contributed by atoms with Crippen molar-refractivity contribution in [3.05, 3.63) is 83.6 Å². The number of pyridine rings is 1. The number of imidazole rings is 1. The molecule has 1 amide bonds. The minimum atomic E-state index is -0.223. The van der Waals surface area contributed by atoms with E-state index >= 15 is 0 Å². The molecule has 0 saturated heterocycles. The van der Waals surface area contributed by atoms with Gasteiger partial charge in [0, 0.05) is 42.2 Å². The predicted molar refractivity (Wildman–Crippen MR) is 143 cm³/mol. The average molecular weight is 506 g/mol. The van der Waals surface area contributed by atoms with Gasteiger partial charge in [0.1, 0.15) is 40.3 Å². The van der Waals surface area contributed by atoms with Crippen LogP contribution in [-0.4, -0.2) is 40.0 Å². The van der Waals surface area contributed by atoms with Crippen molar-refractivity contribution in [2.24, 2.45) is 0 Å². The molecule has 190 valence electrons. The molecule has 4 aromatic heterocycles. The molecule has 1 aliphatic heterocycles. The average Bonchev–Trinajstić information content (AvgIpc) is 3.55. The third kappa shape index (κ3) is 3.80. The Labute approximate surface area is 219 Å². The van der Waals surface area contributed by atoms with E-state index in [0.29, 0.717) is 23.1 Å². The first-order valence-electron chi connectivity index (χ1n) is 13.0. The fraction of sp³-hybridized carbons (Fsp3) is 0.286. The molecule has 10 heteroatoms. The normalized spacial score (nSPS) is 16.9. The van der Waals surface area contributed by atoms with Crippen LogP contribution in [0.3, 0.4) is 0 Å². The zero-order valence-corrected chi connectivity index (χ0v) is 21.0. The van der Waals surface area contributed by atoms with E-state index in [2.05, 4.69) is 30.0 Å². The molecule has 38 heavy (non-hydrogen) atoms. The molecule has 1 aliphatic carbocycles. The molecular weight excluding hydrogens is 478 g/mol. The number of hydrogen-bond acceptors (Lipinski definition) is 7. The van der Waals surface area contributed by atoms with E-state index in [9.17, 15) is 4.79 Å². The quantitative estimate of drug-likeness (QED) is 0.364. The van der Waals surface area contributed by atoms with Crippen molar-refractivity contribution in [3.63, 3.8) is 0 Å². The molecule has 0 spiro atoms. The number of fused-ring (bicyclic) bond motifs is 2. The number of carbonyl (C=O) groups excluding carboxylic acids is 1. The lowest BCUT2D eigenvalue weighted by atomic mass is 9.98. The molecule has 10 nitrogen and oxygen atoms in total. The van der Waals surface area contributed by atoms with Gasteiger partial charge < -0.3 is 15.6 Å². The summed E-state index contributed by atoms with van der Waals surface area (Å²) in [4.78, 5) is 26.5. The van der Waals surface area contributed by atoms with Gasteiger partial charge in [0.25, 0.3) is 5.91 Å². The number of amides is 1. The maximum Gasteiger partial charge on any atom is 0.256 e. The van der Waals surface area contributed by atoms with Crippen molar-refractivity contribution >= 4 is 23.1 Å². The standard InChI is InChI=1S/C28H27N9O/c1-16-10-11-30-21(15-16)32-28(38)19-8-4-17(5-9-19)22-23-24(29)31-12-14-36(23)26(33-22)20-3-2-13-37-25(18-6-7-18)34-35-27(20)37/h4-5,8-12,14-15,18,20H,2-3,6-7,13H2,1H3,(H2,29,31)(H,30,32,38)/t20-/m0/s1. The Bertz CT molecular complexity index is 1680. The number of nitrogens with zero attached hydrogens (tertiary/aromatic N) is 7. The molecular formula is C28H27N9O. The van der Waals surface area contributed by atoms with E-state index in [1.807, 2.05) is 41.8 Å². The molecule has 2 aliphatic rings. The molecule has 0 bridgehead atoms. The van der Waals surface area contributed by atoms with E-state index < -0.39 is 0 Å². The summed E-state index contributed by atoms with van der Waals surface area (Å²) in [6.45, 7) is 2.91. The molecule has 0 unspecified atom stereocenters. The highest BCUT2D eigenvalue weighted by molar-refractivity contribution is 6.04. The van der Waals surface area contributed by atoms with Crippen molar-refractivity contribution in [1.82, 2.24) is 34.1 Å². The molecule has 5 heterocycles. The molecule has 5 aromatic rings. The van der Waals surface area contributed by atoms with Crippen LogP contribution in [0.2, 0.25) is 0 Å². The van der Waals surface area contributed by atoms with E-state index in [0.717, 1.165) is 59.2 Å². The molecule has 1 atom stereocenters. The Balaban J connectivity index is 1.25. The van der Waals surface area contributed by atoms with Crippen molar-refractivity contribution in [1.29, 1.82) is 0 Å². The van der Waals surface area contributed by atoms with E-state index in [1.165, 1.54) is 12.8 Å². The second-order valence-electron chi connectivity index (χ2n) is 10.1. The van der Waals surface area contributed by atoms with Gasteiger partial charge in [0.15, 0.2) is 0 Å². The Morgan fingerprint density at radius 3 is 2.61 bits per heavy atom. The molecule has 3 N–H and O–H groups in total. The van der Waals surface area contributed by atoms with Gasteiger partial charge in [-0.25, -0.2) is 15.0 Å². The third-order valence-corrected chi connectivity index (χ3v) is 7.44. The van der Waals surface area contributed by atoms with Crippen molar-refractivity contribution < 1.29 is 4.79 Å². The number of anilines is 2. The van der Waals surface area contributed by atoms with E-state index in [1.54, 1.807) is 24.5 Å². The van der Waals surface area contributed by atoms with Crippen molar-refractivity contribution in [2.75, 3.05) is 11.1 Å². The fourth-order valence-corrected chi connectivity index (χ4v) is 5.39. The highest BCUT2D eigenvalue weighted by Crippen LogP contribution is 2.42. The maximum atomic E-state index is 12.8. The topological polar surface area (TPSA) is 129 Å². The summed E-state index contributed by atoms with van der Waals surface area (Å²) in [5, 5.41) is 12.0. The van der Waals surface area contributed by atoms with Crippen LogP contribution >= 0.6 is 0 Å². The van der Waals surface area contributed by atoms with Crippen LogP contribution in [0.1, 0.15) is 70.9 Å². The summed E-state index contributed by atoms with van der Waals surface area (Å²) in [7, 11) is 0. The van der Waals surface area contributed by atoms with Crippen molar-refractivity contribution in [3.8, 4) is 11.3 Å². The molecule has 1 saturated carbocycles. The van der Waals surface area contributed by atoms with Gasteiger partial charge in [-0.2, -0.15) is 0 Å². The minimum absolute atomic E-state index is 0.0127. The number of hydrogen-bond donors (Lipinski definition) is 2. The first kappa shape index (κ1) is 22.6. The summed E-state index contributed by atoms with van der Waals surface area (Å²) in [5.74, 6) is 4.23. The molecule has 1 fully saturated rings.